The molecule has 7 heteroatoms. The minimum absolute atomic E-state index is 0. The van der Waals surface area contributed by atoms with E-state index in [9.17, 15) is 0 Å². The summed E-state index contributed by atoms with van der Waals surface area (Å²) in [5.74, 6) is 0. The normalized spacial score (nSPS) is 8.29. The maximum Gasteiger partial charge on any atom is 3.00 e. The average Bonchev–Trinajstić information content (AvgIpc) is 0.722. The minimum Gasteiger partial charge on any atom is -2.00 e. The summed E-state index contributed by atoms with van der Waals surface area (Å²) in [7, 11) is -4.92. The molecule has 1 N–H and O–H groups in total. The van der Waals surface area contributed by atoms with Gasteiger partial charge >= 0.3 is 32.7 Å². The van der Waals surface area contributed by atoms with E-state index < -0.39 is 10.4 Å². The largest absolute Gasteiger partial charge is 3.00 e. The second-order valence-electron chi connectivity index (χ2n) is 0.428. The van der Waals surface area contributed by atoms with E-state index in [1.54, 1.807) is 0 Å². The molecule has 0 atom stereocenters. The number of rotatable bonds is 0. The molecule has 0 rings (SSSR count). The van der Waals surface area contributed by atoms with Gasteiger partial charge in [0.25, 0.3) is 0 Å². The van der Waals surface area contributed by atoms with Crippen molar-refractivity contribution in [2.75, 3.05) is 0 Å². The summed E-state index contributed by atoms with van der Waals surface area (Å²) in [6, 6.07) is 0. The van der Waals surface area contributed by atoms with E-state index in [1.165, 1.54) is 0 Å². The molecule has 0 aromatic rings. The molecule has 0 aliphatic heterocycles. The Kier molecular flexibility index (Phi) is 11.4. The van der Waals surface area contributed by atoms with Gasteiger partial charge in [-0.25, -0.2) is 8.42 Å². The van der Waals surface area contributed by atoms with Crippen LogP contribution in [0.2, 0.25) is 0 Å². The third-order valence-electron chi connectivity index (χ3n) is 0. The molecule has 0 amide bonds. The average molecular weight is 202 g/mol. The molecule has 5 nitrogen and oxygen atoms in total. The molecule has 0 bridgehead atoms. The Labute approximate surface area is 65.9 Å². The molecule has 0 aliphatic rings. The first-order chi connectivity index (χ1) is 2.00. The van der Waals surface area contributed by atoms with Gasteiger partial charge in [0.2, 0.25) is 10.4 Å². The molecule has 0 saturated heterocycles. The van der Waals surface area contributed by atoms with E-state index >= 15 is 0 Å². The van der Waals surface area contributed by atoms with Gasteiger partial charge in [-0.2, -0.15) is 0 Å². The number of hydrogen-bond acceptors (Lipinski definition) is 3. The van der Waals surface area contributed by atoms with Crippen LogP contribution >= 0.6 is 0 Å². The van der Waals surface area contributed by atoms with Crippen molar-refractivity contribution in [3.63, 3.8) is 0 Å². The maximum absolute atomic E-state index is 8.63. The van der Waals surface area contributed by atoms with Gasteiger partial charge in [0.15, 0.2) is 0 Å². The van der Waals surface area contributed by atoms with E-state index in [-0.39, 0.29) is 38.2 Å². The van der Waals surface area contributed by atoms with Crippen LogP contribution in [0.5, 0.6) is 0 Å². The van der Waals surface area contributed by atoms with Crippen molar-refractivity contribution in [1.82, 2.24) is 0 Å². The van der Waals surface area contributed by atoms with Gasteiger partial charge in [0, 0.05) is 0 Å². The minimum atomic E-state index is -4.92. The van der Waals surface area contributed by atoms with Crippen LogP contribution in [0.4, 0.5) is 0 Å². The Morgan fingerprint density at radius 3 is 1.43 bits per heavy atom. The Morgan fingerprint density at radius 2 is 1.43 bits per heavy atom. The smallest absolute Gasteiger partial charge is 2.00 e. The molecule has 40 valence electrons. The molecule has 0 heterocycles. The van der Waals surface area contributed by atoms with Crippen molar-refractivity contribution in [3.05, 3.63) is 0 Å². The van der Waals surface area contributed by atoms with Gasteiger partial charge < -0.3 is 10.0 Å². The second-order valence-corrected chi connectivity index (χ2v) is 1.28. The van der Waals surface area contributed by atoms with Crippen molar-refractivity contribution in [1.29, 1.82) is 0 Å². The van der Waals surface area contributed by atoms with Crippen molar-refractivity contribution in [2.45, 2.75) is 0 Å². The summed E-state index contributed by atoms with van der Waals surface area (Å²) in [5, 5.41) is 0. The van der Waals surface area contributed by atoms with Crippen LogP contribution < -0.4 is 0 Å². The van der Waals surface area contributed by atoms with Crippen molar-refractivity contribution < 1.29 is 55.7 Å². The molecule has 0 aliphatic carbocycles. The van der Waals surface area contributed by atoms with Crippen molar-refractivity contribution in [3.8, 4) is 0 Å². The van der Waals surface area contributed by atoms with Crippen LogP contribution in [-0.4, -0.2) is 17.5 Å². The molecule has 0 radical (unpaired) electrons. The zero-order valence-electron chi connectivity index (χ0n) is 3.07. The first-order valence-corrected chi connectivity index (χ1v) is 2.05. The third-order valence-corrected chi connectivity index (χ3v) is 0. The molecule has 0 spiro atoms. The van der Waals surface area contributed by atoms with Gasteiger partial charge in [-0.3, -0.25) is 4.55 Å². The van der Waals surface area contributed by atoms with E-state index in [0.717, 1.165) is 0 Å². The first-order valence-electron chi connectivity index (χ1n) is 0.683. The van der Waals surface area contributed by atoms with E-state index in [4.69, 9.17) is 17.5 Å². The predicted molar refractivity (Wildman–Crippen MR) is 13.0 cm³/mol. The van der Waals surface area contributed by atoms with E-state index in [1.807, 2.05) is 0 Å². The predicted octanol–water partition coefficient (Wildman–Crippen LogP) is -1.12. The van der Waals surface area contributed by atoms with Gasteiger partial charge in [-0.05, 0) is 0 Å². The Hall–Kier alpha value is 0.934. The fourth-order valence-electron chi connectivity index (χ4n) is 0. The topological polar surface area (TPSA) is 106 Å². The maximum atomic E-state index is 8.63. The molecule has 0 saturated carbocycles. The van der Waals surface area contributed by atoms with Crippen LogP contribution in [0.25, 0.3) is 0 Å². The Balaban J connectivity index is -0.0000000800. The van der Waals surface area contributed by atoms with Gasteiger partial charge in [0.1, 0.15) is 0 Å². The monoisotopic (exact) mass is 202 g/mol. The third kappa shape index (κ3) is 194. The molecule has 7 heavy (non-hydrogen) atoms. The molecular formula is HO5SY. The molecule has 0 aromatic heterocycles. The summed E-state index contributed by atoms with van der Waals surface area (Å²) in [6.07, 6.45) is 0. The van der Waals surface area contributed by atoms with E-state index in [2.05, 4.69) is 0 Å². The van der Waals surface area contributed by atoms with E-state index in [0.29, 0.717) is 0 Å². The van der Waals surface area contributed by atoms with Gasteiger partial charge in [-0.1, -0.05) is 0 Å². The fourth-order valence-corrected chi connectivity index (χ4v) is 0. The zero-order chi connectivity index (χ0) is 4.50. The van der Waals surface area contributed by atoms with Crippen LogP contribution in [0.15, 0.2) is 0 Å². The summed E-state index contributed by atoms with van der Waals surface area (Å²) in [4.78, 5) is 0. The first kappa shape index (κ1) is 15.7. The fraction of sp³-hybridized carbons (Fsp3) is 0. The summed E-state index contributed by atoms with van der Waals surface area (Å²) >= 11 is 0. The van der Waals surface area contributed by atoms with Crippen LogP contribution in [0, 0.1) is 0 Å². The van der Waals surface area contributed by atoms with Gasteiger partial charge in [-0.15, -0.1) is 0 Å². The molecule has 0 fully saturated rings. The standard InChI is InChI=1S/H2O4S.O.Y/c1-5(2,3)4;;/h(H2,1,2,3,4);;/q;-2;+3/p-1. The second kappa shape index (κ2) is 5.08. The summed E-state index contributed by atoms with van der Waals surface area (Å²) in [5.41, 5.74) is 0. The number of hydrogen-bond donors (Lipinski definition) is 1. The molecule has 0 unspecified atom stereocenters. The zero-order valence-corrected chi connectivity index (χ0v) is 6.72. The summed E-state index contributed by atoms with van der Waals surface area (Å²) in [6.45, 7) is 0. The Morgan fingerprint density at radius 1 is 1.43 bits per heavy atom. The van der Waals surface area contributed by atoms with Crippen molar-refractivity contribution >= 4 is 10.4 Å². The SMILES string of the molecule is O=S(=O)([O-])O.[O-2].[Y+3]. The quantitative estimate of drug-likeness (QED) is 0.396. The van der Waals surface area contributed by atoms with Crippen LogP contribution in [0.3, 0.4) is 0 Å². The molecular weight excluding hydrogens is 201 g/mol. The Bertz CT molecular complexity index is 91.2. The van der Waals surface area contributed by atoms with Gasteiger partial charge in [0.05, 0.1) is 0 Å². The summed E-state index contributed by atoms with van der Waals surface area (Å²) < 4.78 is 32.8. The van der Waals surface area contributed by atoms with Crippen molar-refractivity contribution in [2.24, 2.45) is 0 Å². The van der Waals surface area contributed by atoms with Crippen LogP contribution in [-0.2, 0) is 48.6 Å². The van der Waals surface area contributed by atoms with Crippen LogP contribution in [0.1, 0.15) is 0 Å². The molecule has 0 aromatic carbocycles.